The Morgan fingerprint density at radius 2 is 2.05 bits per heavy atom. The number of fused-ring (bicyclic) bond motifs is 1. The Morgan fingerprint density at radius 3 is 2.70 bits per heavy atom. The van der Waals surface area contributed by atoms with Crippen LogP contribution in [0.25, 0.3) is 11.0 Å². The van der Waals surface area contributed by atoms with Gasteiger partial charge in [0.25, 0.3) is 0 Å². The number of hydrogen-bond acceptors (Lipinski definition) is 2. The van der Waals surface area contributed by atoms with Crippen LogP contribution in [-0.4, -0.2) is 11.3 Å². The van der Waals surface area contributed by atoms with Gasteiger partial charge in [-0.05, 0) is 24.6 Å². The van der Waals surface area contributed by atoms with Crippen molar-refractivity contribution in [1.82, 2.24) is 5.16 Å². The van der Waals surface area contributed by atoms with E-state index in [1.165, 1.54) is 0 Å². The van der Waals surface area contributed by atoms with Gasteiger partial charge < -0.3 is 4.52 Å². The lowest BCUT2D eigenvalue weighted by Gasteiger charge is -2.18. The van der Waals surface area contributed by atoms with Crippen molar-refractivity contribution in [3.8, 4) is 0 Å². The third kappa shape index (κ3) is 3.34. The topological polar surface area (TPSA) is 26.0 Å². The summed E-state index contributed by atoms with van der Waals surface area (Å²) in [6.45, 7) is 1.96. The molecule has 1 heterocycles. The molecule has 0 amide bonds. The van der Waals surface area contributed by atoms with Crippen molar-refractivity contribution in [2.75, 3.05) is 0 Å². The predicted molar refractivity (Wildman–Crippen MR) is 74.6 cm³/mol. The zero-order valence-corrected chi connectivity index (χ0v) is 12.6. The van der Waals surface area contributed by atoms with Crippen LogP contribution in [0.1, 0.15) is 44.2 Å². The molecule has 0 radical (unpaired) electrons. The average Bonchev–Trinajstić information content (AvgIpc) is 2.75. The standard InChI is InChI=1S/C14H15BrF3NO/c1-2-3-4-5-11(14(16,17)18)13-10-7-6-9(15)8-12(10)20-19-13/h6-8,11H,2-5H2,1H3. The zero-order valence-electron chi connectivity index (χ0n) is 11.0. The Hall–Kier alpha value is -1.04. The van der Waals surface area contributed by atoms with E-state index in [1.54, 1.807) is 18.2 Å². The summed E-state index contributed by atoms with van der Waals surface area (Å²) in [5.74, 6) is -1.56. The molecule has 0 saturated heterocycles. The van der Waals surface area contributed by atoms with Crippen LogP contribution in [0.3, 0.4) is 0 Å². The second-order valence-electron chi connectivity index (χ2n) is 4.80. The predicted octanol–water partition coefficient (Wildman–Crippen LogP) is 5.82. The lowest BCUT2D eigenvalue weighted by atomic mass is 9.95. The molecule has 2 nitrogen and oxygen atoms in total. The highest BCUT2D eigenvalue weighted by Crippen LogP contribution is 2.41. The Morgan fingerprint density at radius 1 is 1.30 bits per heavy atom. The molecule has 110 valence electrons. The van der Waals surface area contributed by atoms with Crippen LogP contribution in [0.15, 0.2) is 27.2 Å². The highest BCUT2D eigenvalue weighted by Gasteiger charge is 2.42. The van der Waals surface area contributed by atoms with Crippen LogP contribution >= 0.6 is 15.9 Å². The molecule has 0 aliphatic heterocycles. The van der Waals surface area contributed by atoms with Gasteiger partial charge in [-0.15, -0.1) is 0 Å². The van der Waals surface area contributed by atoms with Crippen LogP contribution in [0.2, 0.25) is 0 Å². The van der Waals surface area contributed by atoms with E-state index in [0.717, 1.165) is 17.3 Å². The first-order chi connectivity index (χ1) is 9.43. The van der Waals surface area contributed by atoms with Crippen LogP contribution in [0.5, 0.6) is 0 Å². The smallest absolute Gasteiger partial charge is 0.356 e. The van der Waals surface area contributed by atoms with Gasteiger partial charge in [-0.25, -0.2) is 0 Å². The summed E-state index contributed by atoms with van der Waals surface area (Å²) in [7, 11) is 0. The quantitative estimate of drug-likeness (QED) is 0.636. The van der Waals surface area contributed by atoms with E-state index < -0.39 is 12.1 Å². The van der Waals surface area contributed by atoms with Crippen molar-refractivity contribution in [1.29, 1.82) is 0 Å². The molecule has 6 heteroatoms. The summed E-state index contributed by atoms with van der Waals surface area (Å²) < 4.78 is 45.5. The van der Waals surface area contributed by atoms with Crippen molar-refractivity contribution in [2.45, 2.75) is 44.7 Å². The SMILES string of the molecule is CCCCCC(c1noc2cc(Br)ccc12)C(F)(F)F. The highest BCUT2D eigenvalue weighted by molar-refractivity contribution is 9.10. The summed E-state index contributed by atoms with van der Waals surface area (Å²) >= 11 is 3.26. The minimum absolute atomic E-state index is 0.00361. The molecular weight excluding hydrogens is 335 g/mol. The molecule has 0 aliphatic rings. The number of benzene rings is 1. The minimum Gasteiger partial charge on any atom is -0.356 e. The number of aromatic nitrogens is 1. The van der Waals surface area contributed by atoms with Gasteiger partial charge in [0.2, 0.25) is 0 Å². The number of alkyl halides is 3. The maximum Gasteiger partial charge on any atom is 0.397 e. The second-order valence-corrected chi connectivity index (χ2v) is 5.71. The number of unbranched alkanes of at least 4 members (excludes halogenated alkanes) is 2. The molecule has 2 aromatic rings. The fourth-order valence-electron chi connectivity index (χ4n) is 2.24. The fourth-order valence-corrected chi connectivity index (χ4v) is 2.58. The third-order valence-corrected chi connectivity index (χ3v) is 3.78. The molecule has 1 atom stereocenters. The van der Waals surface area contributed by atoms with Crippen molar-refractivity contribution < 1.29 is 17.7 Å². The Balaban J connectivity index is 2.35. The maximum absolute atomic E-state index is 13.2. The monoisotopic (exact) mass is 349 g/mol. The molecule has 0 saturated carbocycles. The molecule has 0 bridgehead atoms. The molecule has 0 aliphatic carbocycles. The van der Waals surface area contributed by atoms with E-state index >= 15 is 0 Å². The van der Waals surface area contributed by atoms with Crippen LogP contribution in [0.4, 0.5) is 13.2 Å². The average molecular weight is 350 g/mol. The summed E-state index contributed by atoms with van der Waals surface area (Å²) in [5.41, 5.74) is 0.371. The van der Waals surface area contributed by atoms with Crippen molar-refractivity contribution in [3.05, 3.63) is 28.4 Å². The number of hydrogen-bond donors (Lipinski definition) is 0. The summed E-state index contributed by atoms with van der Waals surface area (Å²) in [4.78, 5) is 0. The van der Waals surface area contributed by atoms with Gasteiger partial charge in [-0.2, -0.15) is 13.2 Å². The molecule has 1 aromatic carbocycles. The fraction of sp³-hybridized carbons (Fsp3) is 0.500. The largest absolute Gasteiger partial charge is 0.397 e. The summed E-state index contributed by atoms with van der Waals surface area (Å²) in [6.07, 6.45) is -2.05. The molecule has 1 aromatic heterocycles. The summed E-state index contributed by atoms with van der Waals surface area (Å²) in [5, 5.41) is 4.10. The number of rotatable bonds is 5. The Labute approximate surface area is 123 Å². The van der Waals surface area contributed by atoms with Gasteiger partial charge in [0.15, 0.2) is 5.58 Å². The Bertz CT molecular complexity index is 579. The maximum atomic E-state index is 13.2. The highest BCUT2D eigenvalue weighted by atomic mass is 79.9. The second kappa shape index (κ2) is 6.16. The van der Waals surface area contributed by atoms with Crippen LogP contribution < -0.4 is 0 Å². The van der Waals surface area contributed by atoms with Crippen molar-refractivity contribution >= 4 is 26.9 Å². The van der Waals surface area contributed by atoms with Gasteiger partial charge in [0, 0.05) is 9.86 Å². The van der Waals surface area contributed by atoms with Gasteiger partial charge in [0.05, 0.1) is 0 Å². The van der Waals surface area contributed by atoms with Crippen LogP contribution in [-0.2, 0) is 0 Å². The van der Waals surface area contributed by atoms with E-state index in [9.17, 15) is 13.2 Å². The van der Waals surface area contributed by atoms with Crippen molar-refractivity contribution in [2.24, 2.45) is 0 Å². The molecule has 0 spiro atoms. The van der Waals surface area contributed by atoms with Gasteiger partial charge in [0.1, 0.15) is 11.6 Å². The van der Waals surface area contributed by atoms with E-state index in [-0.39, 0.29) is 12.1 Å². The Kier molecular flexibility index (Phi) is 4.73. The first-order valence-electron chi connectivity index (χ1n) is 6.55. The van der Waals surface area contributed by atoms with Gasteiger partial charge in [-0.3, -0.25) is 0 Å². The molecular formula is C14H15BrF3NO. The van der Waals surface area contributed by atoms with Gasteiger partial charge in [-0.1, -0.05) is 47.3 Å². The molecule has 0 N–H and O–H groups in total. The van der Waals surface area contributed by atoms with Gasteiger partial charge >= 0.3 is 6.18 Å². The zero-order chi connectivity index (χ0) is 14.8. The normalized spacial score (nSPS) is 13.8. The van der Waals surface area contributed by atoms with E-state index in [2.05, 4.69) is 21.1 Å². The van der Waals surface area contributed by atoms with E-state index in [0.29, 0.717) is 17.4 Å². The molecule has 2 rings (SSSR count). The van der Waals surface area contributed by atoms with E-state index in [4.69, 9.17) is 4.52 Å². The lowest BCUT2D eigenvalue weighted by Crippen LogP contribution is -2.21. The molecule has 1 unspecified atom stereocenters. The molecule has 0 fully saturated rings. The number of halogens is 4. The van der Waals surface area contributed by atoms with E-state index in [1.807, 2.05) is 6.92 Å². The van der Waals surface area contributed by atoms with Crippen molar-refractivity contribution in [3.63, 3.8) is 0 Å². The first-order valence-corrected chi connectivity index (χ1v) is 7.34. The van der Waals surface area contributed by atoms with Crippen LogP contribution in [0, 0.1) is 0 Å². The lowest BCUT2D eigenvalue weighted by molar-refractivity contribution is -0.153. The first kappa shape index (κ1) is 15.4. The molecule has 20 heavy (non-hydrogen) atoms. The third-order valence-electron chi connectivity index (χ3n) is 3.28. The summed E-state index contributed by atoms with van der Waals surface area (Å²) in [6, 6.07) is 4.94. The minimum atomic E-state index is -4.30. The number of nitrogens with zero attached hydrogens (tertiary/aromatic N) is 1.